The average Bonchev–Trinajstić information content (AvgIpc) is 2.99. The van der Waals surface area contributed by atoms with Crippen molar-refractivity contribution in [3.05, 3.63) is 24.2 Å². The number of unbranched alkanes of at least 4 members (excludes halogenated alkanes) is 9. The average molecular weight is 304 g/mol. The fourth-order valence-electron chi connectivity index (χ4n) is 2.22. The molecule has 0 aliphatic carbocycles. The van der Waals surface area contributed by atoms with Gasteiger partial charge >= 0.3 is 35.5 Å². The van der Waals surface area contributed by atoms with Crippen LogP contribution in [0, 0.1) is 0 Å². The van der Waals surface area contributed by atoms with Crippen molar-refractivity contribution in [3.8, 4) is 0 Å². The summed E-state index contributed by atoms with van der Waals surface area (Å²) in [6.07, 6.45) is 14.3. The van der Waals surface area contributed by atoms with Gasteiger partial charge in [-0.15, -0.1) is 0 Å². The first-order chi connectivity index (χ1) is 9.84. The summed E-state index contributed by atoms with van der Waals surface area (Å²) >= 11 is 0. The molecule has 1 heterocycles. The molecule has 0 aromatic carbocycles. The van der Waals surface area contributed by atoms with E-state index in [4.69, 9.17) is 9.15 Å². The predicted molar refractivity (Wildman–Crippen MR) is 88.0 cm³/mol. The summed E-state index contributed by atoms with van der Waals surface area (Å²) in [6, 6.07) is 3.32. The van der Waals surface area contributed by atoms with Crippen LogP contribution in [0.15, 0.2) is 22.8 Å². The molecule has 4 heteroatoms. The van der Waals surface area contributed by atoms with Crippen LogP contribution >= 0.6 is 0 Å². The predicted octanol–water partition coefficient (Wildman–Crippen LogP) is 4.71. The van der Waals surface area contributed by atoms with Crippen molar-refractivity contribution in [3.63, 3.8) is 0 Å². The monoisotopic (exact) mass is 304 g/mol. The van der Waals surface area contributed by atoms with E-state index < -0.39 is 0 Å². The quantitative estimate of drug-likeness (QED) is 0.319. The van der Waals surface area contributed by atoms with E-state index in [-0.39, 0.29) is 41.3 Å². The Balaban J connectivity index is 0.00000400. The van der Waals surface area contributed by atoms with E-state index >= 15 is 0 Å². The fourth-order valence-corrected chi connectivity index (χ4v) is 2.22. The Kier molecular flexibility index (Phi) is 14.5. The van der Waals surface area contributed by atoms with Crippen LogP contribution in [-0.4, -0.2) is 42.1 Å². The maximum atomic E-state index is 11.5. The molecule has 0 radical (unpaired) electrons. The van der Waals surface area contributed by atoms with E-state index in [1.165, 1.54) is 57.6 Å². The number of carbonyl (C=O) groups is 1. The minimum atomic E-state index is -0.356. The summed E-state index contributed by atoms with van der Waals surface area (Å²) in [6.45, 7) is 2.74. The summed E-state index contributed by atoms with van der Waals surface area (Å²) in [5.41, 5.74) is 0. The standard InChI is InChI=1S/C17H28O3.Na.H/c1-2-3-4-5-6-7-8-9-10-11-14-20-17(18)16-13-12-15-19-16;;/h12-13,15H,2-11,14H2,1H3;;. The van der Waals surface area contributed by atoms with E-state index in [1.54, 1.807) is 12.1 Å². The molecule has 0 saturated carbocycles. The van der Waals surface area contributed by atoms with Crippen LogP contribution in [0.5, 0.6) is 0 Å². The van der Waals surface area contributed by atoms with Gasteiger partial charge in [0.1, 0.15) is 0 Å². The zero-order valence-electron chi connectivity index (χ0n) is 12.7. The summed E-state index contributed by atoms with van der Waals surface area (Å²) in [5.74, 6) is -0.0667. The third kappa shape index (κ3) is 11.0. The normalized spacial score (nSPS) is 10.1. The van der Waals surface area contributed by atoms with Gasteiger partial charge in [-0.2, -0.15) is 0 Å². The molecule has 116 valence electrons. The van der Waals surface area contributed by atoms with Crippen molar-refractivity contribution >= 4 is 35.5 Å². The topological polar surface area (TPSA) is 39.4 Å². The Hall–Kier alpha value is -0.250. The Morgan fingerprint density at radius 3 is 2.10 bits per heavy atom. The molecule has 1 rings (SSSR count). The van der Waals surface area contributed by atoms with Crippen LogP contribution in [0.2, 0.25) is 0 Å². The van der Waals surface area contributed by atoms with Crippen molar-refractivity contribution in [1.29, 1.82) is 0 Å². The molecule has 0 atom stereocenters. The van der Waals surface area contributed by atoms with Gasteiger partial charge in [0.15, 0.2) is 0 Å². The summed E-state index contributed by atoms with van der Waals surface area (Å²) in [4.78, 5) is 11.5. The van der Waals surface area contributed by atoms with E-state index in [0.717, 1.165) is 12.8 Å². The number of hydrogen-bond acceptors (Lipinski definition) is 3. The first kappa shape index (κ1) is 20.8. The molecule has 0 amide bonds. The molecule has 0 unspecified atom stereocenters. The summed E-state index contributed by atoms with van der Waals surface area (Å²) in [7, 11) is 0. The Labute approximate surface area is 151 Å². The van der Waals surface area contributed by atoms with Crippen molar-refractivity contribution in [2.45, 2.75) is 71.1 Å². The SMILES string of the molecule is CCCCCCCCCCCCOC(=O)c1ccco1.[NaH]. The number of furan rings is 1. The molecule has 0 spiro atoms. The van der Waals surface area contributed by atoms with Gasteiger partial charge in [-0.1, -0.05) is 64.7 Å². The first-order valence-corrected chi connectivity index (χ1v) is 8.05. The van der Waals surface area contributed by atoms with Crippen molar-refractivity contribution in [1.82, 2.24) is 0 Å². The number of hydrogen-bond donors (Lipinski definition) is 0. The molecule has 0 aliphatic heterocycles. The Morgan fingerprint density at radius 1 is 1.00 bits per heavy atom. The molecule has 0 N–H and O–H groups in total. The van der Waals surface area contributed by atoms with Crippen LogP contribution in [-0.2, 0) is 4.74 Å². The Morgan fingerprint density at radius 2 is 1.57 bits per heavy atom. The molecule has 0 saturated heterocycles. The zero-order valence-corrected chi connectivity index (χ0v) is 12.7. The van der Waals surface area contributed by atoms with Gasteiger partial charge in [0, 0.05) is 0 Å². The van der Waals surface area contributed by atoms with Crippen LogP contribution < -0.4 is 0 Å². The van der Waals surface area contributed by atoms with Crippen molar-refractivity contribution in [2.75, 3.05) is 6.61 Å². The van der Waals surface area contributed by atoms with Crippen LogP contribution in [0.3, 0.4) is 0 Å². The van der Waals surface area contributed by atoms with Crippen LogP contribution in [0.4, 0.5) is 0 Å². The second-order valence-corrected chi connectivity index (χ2v) is 5.30. The number of carbonyl (C=O) groups excluding carboxylic acids is 1. The third-order valence-electron chi connectivity index (χ3n) is 3.45. The van der Waals surface area contributed by atoms with Gasteiger partial charge in [0.05, 0.1) is 12.9 Å². The molecule has 0 aliphatic rings. The molecule has 1 aromatic heterocycles. The van der Waals surface area contributed by atoms with Crippen LogP contribution in [0.1, 0.15) is 81.7 Å². The summed E-state index contributed by atoms with van der Waals surface area (Å²) in [5, 5.41) is 0. The third-order valence-corrected chi connectivity index (χ3v) is 3.45. The van der Waals surface area contributed by atoms with Gasteiger partial charge in [-0.05, 0) is 18.6 Å². The molecule has 0 bridgehead atoms. The van der Waals surface area contributed by atoms with Gasteiger partial charge in [0.25, 0.3) is 0 Å². The van der Waals surface area contributed by atoms with Gasteiger partial charge in [-0.3, -0.25) is 0 Å². The molecular formula is C17H29NaO3. The van der Waals surface area contributed by atoms with E-state index in [2.05, 4.69) is 6.92 Å². The van der Waals surface area contributed by atoms with E-state index in [0.29, 0.717) is 6.61 Å². The van der Waals surface area contributed by atoms with Gasteiger partial charge in [0.2, 0.25) is 5.76 Å². The maximum absolute atomic E-state index is 11.5. The zero-order chi connectivity index (χ0) is 14.5. The Bertz CT molecular complexity index is 336. The van der Waals surface area contributed by atoms with Crippen molar-refractivity contribution < 1.29 is 13.9 Å². The van der Waals surface area contributed by atoms with Gasteiger partial charge in [-0.25, -0.2) is 4.79 Å². The first-order valence-electron chi connectivity index (χ1n) is 8.05. The second-order valence-electron chi connectivity index (χ2n) is 5.30. The van der Waals surface area contributed by atoms with Gasteiger partial charge < -0.3 is 9.15 Å². The number of ether oxygens (including phenoxy) is 1. The number of esters is 1. The van der Waals surface area contributed by atoms with Crippen LogP contribution in [0.25, 0.3) is 0 Å². The second kappa shape index (κ2) is 14.7. The molecule has 3 nitrogen and oxygen atoms in total. The van der Waals surface area contributed by atoms with Crippen molar-refractivity contribution in [2.24, 2.45) is 0 Å². The van der Waals surface area contributed by atoms with E-state index in [1.807, 2.05) is 0 Å². The fraction of sp³-hybridized carbons (Fsp3) is 0.706. The number of rotatable bonds is 12. The molecular weight excluding hydrogens is 275 g/mol. The molecule has 1 aromatic rings. The molecule has 21 heavy (non-hydrogen) atoms. The summed E-state index contributed by atoms with van der Waals surface area (Å²) < 4.78 is 10.1. The molecule has 0 fully saturated rings. The minimum absolute atomic E-state index is 0. The van der Waals surface area contributed by atoms with E-state index in [9.17, 15) is 4.79 Å².